The second-order valence-electron chi connectivity index (χ2n) is 6.15. The van der Waals surface area contributed by atoms with Crippen LogP contribution in [0.2, 0.25) is 0 Å². The van der Waals surface area contributed by atoms with Gasteiger partial charge in [0, 0.05) is 0 Å². The maximum atomic E-state index is 12.2. The molecule has 0 saturated carbocycles. The van der Waals surface area contributed by atoms with E-state index in [2.05, 4.69) is 12.2 Å². The Labute approximate surface area is 165 Å². The van der Waals surface area contributed by atoms with Gasteiger partial charge in [-0.15, -0.1) is 0 Å². The molecule has 2 rings (SSSR count). The number of ether oxygens (including phenoxy) is 3. The van der Waals surface area contributed by atoms with Crippen molar-refractivity contribution in [2.75, 3.05) is 19.8 Å². The molecule has 0 aromatic heterocycles. The van der Waals surface area contributed by atoms with Crippen LogP contribution in [-0.2, 0) is 14.3 Å². The standard InChI is InChI=1S/C22H27NO5/c1-3-10-18(17-11-6-5-7-12-17)23-21(24)15-28-22(25)16-27-20-14-9-8-13-19(20)26-4-2/h5-9,11-14,18H,3-4,10,15-16H2,1-2H3,(H,23,24). The van der Waals surface area contributed by atoms with Crippen molar-refractivity contribution in [3.8, 4) is 11.5 Å². The molecule has 1 unspecified atom stereocenters. The van der Waals surface area contributed by atoms with Gasteiger partial charge < -0.3 is 19.5 Å². The second-order valence-corrected chi connectivity index (χ2v) is 6.15. The summed E-state index contributed by atoms with van der Waals surface area (Å²) in [4.78, 5) is 24.1. The van der Waals surface area contributed by atoms with Gasteiger partial charge >= 0.3 is 5.97 Å². The largest absolute Gasteiger partial charge is 0.490 e. The zero-order valence-corrected chi connectivity index (χ0v) is 16.4. The van der Waals surface area contributed by atoms with E-state index in [9.17, 15) is 9.59 Å². The van der Waals surface area contributed by atoms with Crippen LogP contribution >= 0.6 is 0 Å². The third kappa shape index (κ3) is 6.95. The Morgan fingerprint density at radius 1 is 0.893 bits per heavy atom. The molecule has 0 radical (unpaired) electrons. The fourth-order valence-electron chi connectivity index (χ4n) is 2.70. The Morgan fingerprint density at radius 2 is 1.54 bits per heavy atom. The Morgan fingerprint density at radius 3 is 2.18 bits per heavy atom. The molecule has 0 heterocycles. The van der Waals surface area contributed by atoms with E-state index >= 15 is 0 Å². The van der Waals surface area contributed by atoms with Crippen LogP contribution < -0.4 is 14.8 Å². The highest BCUT2D eigenvalue weighted by Gasteiger charge is 2.15. The fourth-order valence-corrected chi connectivity index (χ4v) is 2.70. The molecular weight excluding hydrogens is 358 g/mol. The highest BCUT2D eigenvalue weighted by Crippen LogP contribution is 2.26. The summed E-state index contributed by atoms with van der Waals surface area (Å²) >= 11 is 0. The number of para-hydroxylation sites is 2. The SMILES string of the molecule is CCCC(NC(=O)COC(=O)COc1ccccc1OCC)c1ccccc1. The first-order valence-electron chi connectivity index (χ1n) is 9.48. The highest BCUT2D eigenvalue weighted by molar-refractivity contribution is 5.81. The molecule has 0 spiro atoms. The summed E-state index contributed by atoms with van der Waals surface area (Å²) in [6, 6.07) is 16.7. The topological polar surface area (TPSA) is 73.9 Å². The first-order valence-corrected chi connectivity index (χ1v) is 9.48. The number of rotatable bonds is 11. The van der Waals surface area contributed by atoms with E-state index in [0.29, 0.717) is 18.1 Å². The lowest BCUT2D eigenvalue weighted by Gasteiger charge is -2.18. The van der Waals surface area contributed by atoms with Crippen LogP contribution in [0, 0.1) is 0 Å². The molecule has 150 valence electrons. The molecule has 0 aliphatic rings. The zero-order valence-electron chi connectivity index (χ0n) is 16.4. The van der Waals surface area contributed by atoms with E-state index in [4.69, 9.17) is 14.2 Å². The Bertz CT molecular complexity index is 748. The molecule has 0 aliphatic heterocycles. The van der Waals surface area contributed by atoms with Crippen molar-refractivity contribution >= 4 is 11.9 Å². The molecule has 2 aromatic carbocycles. The number of esters is 1. The van der Waals surface area contributed by atoms with Gasteiger partial charge in [-0.3, -0.25) is 4.79 Å². The lowest BCUT2D eigenvalue weighted by molar-refractivity contribution is -0.150. The Hall–Kier alpha value is -3.02. The van der Waals surface area contributed by atoms with E-state index in [1.165, 1.54) is 0 Å². The number of hydrogen-bond donors (Lipinski definition) is 1. The van der Waals surface area contributed by atoms with Crippen LogP contribution in [0.4, 0.5) is 0 Å². The van der Waals surface area contributed by atoms with Crippen LogP contribution in [0.1, 0.15) is 38.3 Å². The number of nitrogens with one attached hydrogen (secondary N) is 1. The molecule has 28 heavy (non-hydrogen) atoms. The normalized spacial score (nSPS) is 11.4. The highest BCUT2D eigenvalue weighted by atomic mass is 16.6. The van der Waals surface area contributed by atoms with Gasteiger partial charge in [0.15, 0.2) is 24.7 Å². The molecule has 0 aliphatic carbocycles. The van der Waals surface area contributed by atoms with Gasteiger partial charge in [0.2, 0.25) is 0 Å². The summed E-state index contributed by atoms with van der Waals surface area (Å²) in [5.74, 6) is 0.0530. The van der Waals surface area contributed by atoms with Gasteiger partial charge in [-0.2, -0.15) is 0 Å². The first kappa shape index (κ1) is 21.3. The molecular formula is C22H27NO5. The minimum Gasteiger partial charge on any atom is -0.490 e. The predicted octanol–water partition coefficient (Wildman–Crippen LogP) is 3.66. The molecule has 1 amide bonds. The van der Waals surface area contributed by atoms with E-state index in [0.717, 1.165) is 18.4 Å². The molecule has 2 aromatic rings. The third-order valence-corrected chi connectivity index (χ3v) is 3.97. The molecule has 0 saturated heterocycles. The smallest absolute Gasteiger partial charge is 0.344 e. The minimum atomic E-state index is -0.617. The van der Waals surface area contributed by atoms with Crippen LogP contribution in [0.15, 0.2) is 54.6 Å². The van der Waals surface area contributed by atoms with Crippen LogP contribution in [0.3, 0.4) is 0 Å². The van der Waals surface area contributed by atoms with Gasteiger partial charge in [0.1, 0.15) is 0 Å². The van der Waals surface area contributed by atoms with Gasteiger partial charge in [0.25, 0.3) is 5.91 Å². The average molecular weight is 385 g/mol. The van der Waals surface area contributed by atoms with E-state index in [1.807, 2.05) is 43.3 Å². The summed E-state index contributed by atoms with van der Waals surface area (Å²) < 4.78 is 15.9. The third-order valence-electron chi connectivity index (χ3n) is 3.97. The summed E-state index contributed by atoms with van der Waals surface area (Å²) in [5, 5.41) is 2.91. The Balaban J connectivity index is 1.79. The Kier molecular flexibility index (Phi) is 8.85. The van der Waals surface area contributed by atoms with Crippen molar-refractivity contribution in [1.29, 1.82) is 0 Å². The zero-order chi connectivity index (χ0) is 20.2. The number of amides is 1. The van der Waals surface area contributed by atoms with E-state index in [-0.39, 0.29) is 25.2 Å². The second kappa shape index (κ2) is 11.6. The summed E-state index contributed by atoms with van der Waals surface area (Å²) in [6.45, 7) is 3.77. The number of benzene rings is 2. The van der Waals surface area contributed by atoms with Crippen LogP contribution in [0.5, 0.6) is 11.5 Å². The van der Waals surface area contributed by atoms with E-state index in [1.54, 1.807) is 18.2 Å². The fraction of sp³-hybridized carbons (Fsp3) is 0.364. The van der Waals surface area contributed by atoms with Gasteiger partial charge in [0.05, 0.1) is 12.6 Å². The predicted molar refractivity (Wildman–Crippen MR) is 106 cm³/mol. The maximum absolute atomic E-state index is 12.2. The molecule has 0 bridgehead atoms. The van der Waals surface area contributed by atoms with Gasteiger partial charge in [-0.1, -0.05) is 55.8 Å². The number of carbonyl (C=O) groups is 2. The molecule has 1 N–H and O–H groups in total. The number of carbonyl (C=O) groups excluding carboxylic acids is 2. The van der Waals surface area contributed by atoms with Crippen LogP contribution in [0.25, 0.3) is 0 Å². The van der Waals surface area contributed by atoms with Crippen molar-refractivity contribution in [3.63, 3.8) is 0 Å². The minimum absolute atomic E-state index is 0.105. The first-order chi connectivity index (χ1) is 13.6. The van der Waals surface area contributed by atoms with Gasteiger partial charge in [-0.05, 0) is 31.0 Å². The molecule has 1 atom stereocenters. The van der Waals surface area contributed by atoms with Crippen molar-refractivity contribution in [3.05, 3.63) is 60.2 Å². The lowest BCUT2D eigenvalue weighted by Crippen LogP contribution is -2.33. The lowest BCUT2D eigenvalue weighted by atomic mass is 10.0. The number of hydrogen-bond acceptors (Lipinski definition) is 5. The summed E-state index contributed by atoms with van der Waals surface area (Å²) in [7, 11) is 0. The average Bonchev–Trinajstić information content (AvgIpc) is 2.72. The van der Waals surface area contributed by atoms with Crippen molar-refractivity contribution in [2.24, 2.45) is 0 Å². The molecule has 0 fully saturated rings. The molecule has 6 nitrogen and oxygen atoms in total. The van der Waals surface area contributed by atoms with Crippen molar-refractivity contribution in [2.45, 2.75) is 32.7 Å². The van der Waals surface area contributed by atoms with Gasteiger partial charge in [-0.25, -0.2) is 4.79 Å². The van der Waals surface area contributed by atoms with Crippen molar-refractivity contribution in [1.82, 2.24) is 5.32 Å². The summed E-state index contributed by atoms with van der Waals surface area (Å²) in [6.07, 6.45) is 1.73. The monoisotopic (exact) mass is 385 g/mol. The molecule has 6 heteroatoms. The van der Waals surface area contributed by atoms with Crippen LogP contribution in [-0.4, -0.2) is 31.7 Å². The summed E-state index contributed by atoms with van der Waals surface area (Å²) in [5.41, 5.74) is 1.03. The maximum Gasteiger partial charge on any atom is 0.344 e. The van der Waals surface area contributed by atoms with E-state index < -0.39 is 5.97 Å². The van der Waals surface area contributed by atoms with Crippen molar-refractivity contribution < 1.29 is 23.8 Å². The quantitative estimate of drug-likeness (QED) is 0.598.